The molecule has 2 aliphatic heterocycles. The van der Waals surface area contributed by atoms with Crippen LogP contribution in [-0.4, -0.2) is 96.8 Å². The molecule has 45 heavy (non-hydrogen) atoms. The average molecular weight is 668 g/mol. The quantitative estimate of drug-likeness (QED) is 0.104. The number of nitro benzene ring substituents is 1. The highest BCUT2D eigenvalue weighted by atomic mass is 32.1. The van der Waals surface area contributed by atoms with Crippen molar-refractivity contribution >= 4 is 44.6 Å². The molecule has 6 atom stereocenters. The summed E-state index contributed by atoms with van der Waals surface area (Å²) in [5, 5.41) is 15.5. The Morgan fingerprint density at radius 2 is 1.82 bits per heavy atom. The van der Waals surface area contributed by atoms with E-state index in [1.807, 2.05) is 0 Å². The van der Waals surface area contributed by atoms with Crippen LogP contribution >= 0.6 is 12.6 Å². The smallest absolute Gasteiger partial charge is 0.410 e. The molecule has 0 radical (unpaired) electrons. The van der Waals surface area contributed by atoms with Crippen molar-refractivity contribution in [3.8, 4) is 0 Å². The van der Waals surface area contributed by atoms with Crippen molar-refractivity contribution in [1.29, 1.82) is 0 Å². The van der Waals surface area contributed by atoms with Crippen LogP contribution in [0.5, 0.6) is 0 Å². The first-order chi connectivity index (χ1) is 20.9. The summed E-state index contributed by atoms with van der Waals surface area (Å²) in [6.07, 6.45) is -0.773. The lowest BCUT2D eigenvalue weighted by Crippen LogP contribution is -2.63. The van der Waals surface area contributed by atoms with Gasteiger partial charge in [0, 0.05) is 56.5 Å². The molecule has 3 rings (SSSR count). The van der Waals surface area contributed by atoms with Crippen LogP contribution in [0.25, 0.3) is 0 Å². The second kappa shape index (κ2) is 15.2. The van der Waals surface area contributed by atoms with Crippen molar-refractivity contribution in [2.45, 2.75) is 102 Å². The number of carbonyl (C=O) groups excluding carboxylic acids is 3. The summed E-state index contributed by atoms with van der Waals surface area (Å²) in [5.41, 5.74) is 3.57. The fraction of sp³-hybridized carbons (Fsp3) is 0.700. The monoisotopic (exact) mass is 667 g/mol. The average Bonchev–Trinajstić information content (AvgIpc) is 3.37. The topological polar surface area (TPSA) is 153 Å². The Morgan fingerprint density at radius 1 is 1.18 bits per heavy atom. The van der Waals surface area contributed by atoms with Crippen molar-refractivity contribution in [1.82, 2.24) is 20.7 Å². The van der Waals surface area contributed by atoms with Crippen LogP contribution in [-0.2, 0) is 30.1 Å². The molecule has 2 heterocycles. The summed E-state index contributed by atoms with van der Waals surface area (Å²) in [6, 6.07) is 5.13. The van der Waals surface area contributed by atoms with Gasteiger partial charge in [-0.2, -0.15) is 12.6 Å². The predicted molar refractivity (Wildman–Crippen MR) is 175 cm³/mol. The van der Waals surface area contributed by atoms with Gasteiger partial charge in [-0.05, 0) is 49.2 Å². The molecule has 6 unspecified atom stereocenters. The van der Waals surface area contributed by atoms with Gasteiger partial charge in [-0.25, -0.2) is 9.80 Å². The number of esters is 1. The normalized spacial score (nSPS) is 23.1. The van der Waals surface area contributed by atoms with Crippen LogP contribution < -0.4 is 10.7 Å². The number of nitrogens with one attached hydrogen (secondary N) is 2. The van der Waals surface area contributed by atoms with Gasteiger partial charge in [-0.3, -0.25) is 25.1 Å². The molecule has 0 aromatic heterocycles. The number of hydrazine groups is 1. The number of piperazine rings is 1. The first-order valence-corrected chi connectivity index (χ1v) is 18.8. The van der Waals surface area contributed by atoms with Gasteiger partial charge < -0.3 is 24.1 Å². The molecule has 1 aromatic carbocycles. The highest BCUT2D eigenvalue weighted by molar-refractivity contribution is 7.81. The lowest BCUT2D eigenvalue weighted by atomic mass is 9.98. The molecule has 15 heteroatoms. The number of hydrogen-bond donors (Lipinski definition) is 3. The van der Waals surface area contributed by atoms with Crippen molar-refractivity contribution in [2.24, 2.45) is 5.92 Å². The zero-order valence-corrected chi connectivity index (χ0v) is 29.5. The highest BCUT2D eigenvalue weighted by Gasteiger charge is 2.47. The Balaban J connectivity index is 1.75. The van der Waals surface area contributed by atoms with Gasteiger partial charge in [-0.1, -0.05) is 27.7 Å². The van der Waals surface area contributed by atoms with Crippen LogP contribution in [0.2, 0.25) is 18.1 Å². The number of likely N-dealkylation sites (tertiary alicyclic amines) is 1. The molecule has 252 valence electrons. The summed E-state index contributed by atoms with van der Waals surface area (Å²) in [6.45, 7) is 17.7. The third-order valence-electron chi connectivity index (χ3n) is 9.07. The minimum atomic E-state index is -2.18. The van der Waals surface area contributed by atoms with E-state index < -0.39 is 42.6 Å². The van der Waals surface area contributed by atoms with E-state index >= 15 is 0 Å². The highest BCUT2D eigenvalue weighted by Crippen LogP contribution is 2.40. The van der Waals surface area contributed by atoms with Crippen molar-refractivity contribution in [2.75, 3.05) is 26.2 Å². The van der Waals surface area contributed by atoms with E-state index in [1.54, 1.807) is 35.9 Å². The van der Waals surface area contributed by atoms with E-state index in [1.165, 1.54) is 19.1 Å². The zero-order valence-electron chi connectivity index (χ0n) is 27.6. The van der Waals surface area contributed by atoms with E-state index in [2.05, 4.69) is 44.6 Å². The zero-order chi connectivity index (χ0) is 33.7. The Kier molecular flexibility index (Phi) is 12.4. The van der Waals surface area contributed by atoms with Gasteiger partial charge in [0.1, 0.15) is 12.7 Å². The van der Waals surface area contributed by atoms with Gasteiger partial charge in [0.2, 0.25) is 5.91 Å². The molecule has 2 saturated heterocycles. The molecule has 0 aliphatic carbocycles. The fourth-order valence-electron chi connectivity index (χ4n) is 5.34. The van der Waals surface area contributed by atoms with Gasteiger partial charge in [0.25, 0.3) is 5.69 Å². The third kappa shape index (κ3) is 9.64. The number of benzene rings is 1. The van der Waals surface area contributed by atoms with Gasteiger partial charge in [-0.15, -0.1) is 0 Å². The van der Waals surface area contributed by atoms with Crippen molar-refractivity contribution < 1.29 is 33.2 Å². The maximum Gasteiger partial charge on any atom is 0.410 e. The van der Waals surface area contributed by atoms with Crippen molar-refractivity contribution in [3.05, 3.63) is 39.9 Å². The number of ether oxygens (including phenoxy) is 2. The Bertz CT molecular complexity index is 1210. The minimum Gasteiger partial charge on any atom is -0.461 e. The van der Waals surface area contributed by atoms with E-state index in [0.29, 0.717) is 38.2 Å². The molecule has 0 bridgehead atoms. The predicted octanol–water partition coefficient (Wildman–Crippen LogP) is 3.89. The molecule has 2 aliphatic rings. The van der Waals surface area contributed by atoms with E-state index in [9.17, 15) is 24.5 Å². The van der Waals surface area contributed by atoms with E-state index in [0.717, 1.165) is 0 Å². The van der Waals surface area contributed by atoms with Crippen LogP contribution in [0.15, 0.2) is 24.3 Å². The van der Waals surface area contributed by atoms with Crippen LogP contribution in [0.1, 0.15) is 53.5 Å². The summed E-state index contributed by atoms with van der Waals surface area (Å²) >= 11 is 4.90. The Labute approximate surface area is 272 Å². The molecule has 0 spiro atoms. The standard InChI is InChI=1S/C30H49N5O8SSi/c1-19(28(37)32-34-14-13-31-16-26(34)20(2)42-21(3)36)27(44)25-15-24(43-45(7,8)30(4,5)6)17-33(25)29(38)41-18-22-9-11-23(12-10-22)35(39)40/h9-12,19-20,24-27,31,44H,13-18H2,1-8H3,(H,32,37). The summed E-state index contributed by atoms with van der Waals surface area (Å²) in [5.74, 6) is -1.25. The summed E-state index contributed by atoms with van der Waals surface area (Å²) < 4.78 is 17.7. The summed E-state index contributed by atoms with van der Waals surface area (Å²) in [7, 11) is -2.18. The molecule has 13 nitrogen and oxygen atoms in total. The summed E-state index contributed by atoms with van der Waals surface area (Å²) in [4.78, 5) is 50.7. The second-order valence-electron chi connectivity index (χ2n) is 13.5. The number of nitrogens with zero attached hydrogens (tertiary/aromatic N) is 3. The maximum atomic E-state index is 13.6. The largest absolute Gasteiger partial charge is 0.461 e. The molecular formula is C30H49N5O8SSi. The number of thiol groups is 1. The molecule has 0 saturated carbocycles. The number of nitro groups is 1. The van der Waals surface area contributed by atoms with E-state index in [-0.39, 0.29) is 41.4 Å². The molecule has 2 N–H and O–H groups in total. The first kappa shape index (κ1) is 36.7. The van der Waals surface area contributed by atoms with Crippen molar-refractivity contribution in [3.63, 3.8) is 0 Å². The van der Waals surface area contributed by atoms with E-state index in [4.69, 9.17) is 26.5 Å². The van der Waals surface area contributed by atoms with Crippen LogP contribution in [0.4, 0.5) is 10.5 Å². The molecule has 2 amide bonds. The van der Waals surface area contributed by atoms with Gasteiger partial charge in [0.15, 0.2) is 8.32 Å². The minimum absolute atomic E-state index is 0.0387. The van der Waals surface area contributed by atoms with Gasteiger partial charge in [0.05, 0.1) is 23.0 Å². The SMILES string of the molecule is CC(=O)OC(C)C1CNCCN1NC(=O)C(C)C(S)C1CC(O[Si](C)(C)C(C)(C)C)CN1C(=O)OCc1ccc([N+](=O)[O-])cc1. The molecule has 2 fully saturated rings. The Morgan fingerprint density at radius 3 is 2.40 bits per heavy atom. The maximum absolute atomic E-state index is 13.6. The number of rotatable bonds is 11. The fourth-order valence-corrected chi connectivity index (χ4v) is 7.11. The van der Waals surface area contributed by atoms with Crippen LogP contribution in [0.3, 0.4) is 0 Å². The number of non-ortho nitro benzene ring substituents is 1. The first-order valence-electron chi connectivity index (χ1n) is 15.4. The number of carbonyl (C=O) groups is 3. The third-order valence-corrected chi connectivity index (χ3v) is 14.4. The lowest BCUT2D eigenvalue weighted by Gasteiger charge is -2.40. The number of amides is 2. The molecule has 1 aromatic rings. The Hall–Kier alpha value is -2.72. The van der Waals surface area contributed by atoms with Gasteiger partial charge >= 0.3 is 12.1 Å². The molecular weight excluding hydrogens is 619 g/mol. The number of hydrogen-bond acceptors (Lipinski definition) is 11. The second-order valence-corrected chi connectivity index (χ2v) is 18.8. The lowest BCUT2D eigenvalue weighted by molar-refractivity contribution is -0.384. The van der Waals surface area contributed by atoms with Crippen LogP contribution in [0, 0.1) is 16.0 Å².